The van der Waals surface area contributed by atoms with Crippen LogP contribution in [0.1, 0.15) is 0 Å². The molecule has 0 aromatic heterocycles. The molecule has 0 aromatic carbocycles. The molecule has 0 aliphatic rings. The van der Waals surface area contributed by atoms with Crippen molar-refractivity contribution in [3.63, 3.8) is 0 Å². The second kappa shape index (κ2) is 23.2. The van der Waals surface area contributed by atoms with Crippen molar-refractivity contribution >= 4 is 27.3 Å². The van der Waals surface area contributed by atoms with Gasteiger partial charge in [-0.1, -0.05) is 0 Å². The molecule has 0 atom stereocenters. The van der Waals surface area contributed by atoms with Crippen LogP contribution < -0.4 is 29.7 Å². The zero-order chi connectivity index (χ0) is 2.00. The molecule has 2 N–H and O–H groups in total. The maximum absolute atomic E-state index is 4.50. The summed E-state index contributed by atoms with van der Waals surface area (Å²) in [5.41, 5.74) is 4.50. The zero-order valence-electron chi connectivity index (χ0n) is 2.52. The number of hydrogen-bond acceptors (Lipinski definition) is 1. The standard InChI is InChI=1S/CH5N.H2I.Pb/c1-2;;/h2H2,1H3;1H2;/q;+1;+2. The number of nitrogens with two attached hydrogens (primary N) is 1. The minimum absolute atomic E-state index is 0. The zero-order valence-corrected chi connectivity index (χ0v) is 8.96. The Kier molecular flexibility index (Phi) is 101. The van der Waals surface area contributed by atoms with E-state index in [9.17, 15) is 0 Å². The Morgan fingerprint density at radius 1 is 1.25 bits per heavy atom. The molecule has 4 heavy (non-hydrogen) atoms. The third-order valence-corrected chi connectivity index (χ3v) is 0. The first kappa shape index (κ1) is 17.5. The van der Waals surface area contributed by atoms with Gasteiger partial charge >= 0.3 is 27.3 Å². The van der Waals surface area contributed by atoms with Gasteiger partial charge in [0.1, 0.15) is 0 Å². The molecule has 0 aliphatic carbocycles. The Labute approximate surface area is 63.5 Å². The number of hydrogen-bond donors (Lipinski definition) is 1. The van der Waals surface area contributed by atoms with Crippen molar-refractivity contribution in [2.45, 2.75) is 0 Å². The van der Waals surface area contributed by atoms with Gasteiger partial charge in [-0.15, -0.1) is 0 Å². The van der Waals surface area contributed by atoms with Crippen molar-refractivity contribution in [2.75, 3.05) is 7.05 Å². The number of rotatable bonds is 0. The molecule has 3 heteroatoms. The SMILES string of the molecule is CN.[IH2+].[Pb+2]. The van der Waals surface area contributed by atoms with Crippen LogP contribution in [0.5, 0.6) is 0 Å². The van der Waals surface area contributed by atoms with Gasteiger partial charge in [-0.3, -0.25) is 0 Å². The molecular formula is CH7INPb+3. The average molecular weight is 367 g/mol. The van der Waals surface area contributed by atoms with Crippen molar-refractivity contribution < 1.29 is 24.0 Å². The predicted molar refractivity (Wildman–Crippen MR) is 18.7 cm³/mol. The maximum atomic E-state index is 4.50. The van der Waals surface area contributed by atoms with Crippen LogP contribution in [0.2, 0.25) is 0 Å². The predicted octanol–water partition coefficient (Wildman–Crippen LogP) is -4.34. The summed E-state index contributed by atoms with van der Waals surface area (Å²) in [6.07, 6.45) is 0. The van der Waals surface area contributed by atoms with Gasteiger partial charge in [-0.05, 0) is 7.05 Å². The van der Waals surface area contributed by atoms with E-state index in [2.05, 4.69) is 5.73 Å². The fourth-order valence-corrected chi connectivity index (χ4v) is 0. The van der Waals surface area contributed by atoms with Gasteiger partial charge in [-0.25, -0.2) is 0 Å². The van der Waals surface area contributed by atoms with Crippen molar-refractivity contribution in [3.05, 3.63) is 0 Å². The summed E-state index contributed by atoms with van der Waals surface area (Å²) >= 11 is 0. The van der Waals surface area contributed by atoms with E-state index in [1.165, 1.54) is 7.05 Å². The monoisotopic (exact) mass is 368 g/mol. The molecule has 0 saturated carbocycles. The maximum Gasteiger partial charge on any atom is 2.00 e. The van der Waals surface area contributed by atoms with Gasteiger partial charge in [0, 0.05) is 0 Å². The minimum atomic E-state index is 0. The van der Waals surface area contributed by atoms with E-state index in [4.69, 9.17) is 0 Å². The second-order valence-electron chi connectivity index (χ2n) is 0. The van der Waals surface area contributed by atoms with E-state index in [1.807, 2.05) is 0 Å². The molecule has 0 aliphatic heterocycles. The topological polar surface area (TPSA) is 26.0 Å². The molecule has 0 rings (SSSR count). The van der Waals surface area contributed by atoms with Crippen LogP contribution in [0.3, 0.4) is 0 Å². The summed E-state index contributed by atoms with van der Waals surface area (Å²) in [4.78, 5) is 0. The van der Waals surface area contributed by atoms with Crippen LogP contribution in [-0.2, 0) is 0 Å². The van der Waals surface area contributed by atoms with E-state index in [0.717, 1.165) is 0 Å². The normalized spacial score (nSPS) is 1.50. The molecule has 1 nitrogen and oxygen atoms in total. The van der Waals surface area contributed by atoms with Crippen LogP contribution in [0.25, 0.3) is 0 Å². The molecular weight excluding hydrogens is 360 g/mol. The molecule has 0 bridgehead atoms. The van der Waals surface area contributed by atoms with Gasteiger partial charge in [0.05, 0.1) is 0 Å². The fourth-order valence-electron chi connectivity index (χ4n) is 0. The quantitative estimate of drug-likeness (QED) is 0.340. The molecule has 0 fully saturated rings. The summed E-state index contributed by atoms with van der Waals surface area (Å²) in [6, 6.07) is 0. The molecule has 0 spiro atoms. The van der Waals surface area contributed by atoms with Gasteiger partial charge < -0.3 is 5.73 Å². The van der Waals surface area contributed by atoms with Gasteiger partial charge in [-0.2, -0.15) is 0 Å². The van der Waals surface area contributed by atoms with Crippen molar-refractivity contribution in [1.29, 1.82) is 0 Å². The van der Waals surface area contributed by atoms with Crippen LogP contribution in [0.15, 0.2) is 0 Å². The van der Waals surface area contributed by atoms with E-state index >= 15 is 0 Å². The van der Waals surface area contributed by atoms with E-state index in [-0.39, 0.29) is 51.3 Å². The smallest absolute Gasteiger partial charge is 0.333 e. The third kappa shape index (κ3) is 9.48. The van der Waals surface area contributed by atoms with Gasteiger partial charge in [0.2, 0.25) is 24.0 Å². The third-order valence-electron chi connectivity index (χ3n) is 0. The summed E-state index contributed by atoms with van der Waals surface area (Å²) in [5.74, 6) is 0. The van der Waals surface area contributed by atoms with Crippen molar-refractivity contribution in [2.24, 2.45) is 5.73 Å². The van der Waals surface area contributed by atoms with E-state index < -0.39 is 0 Å². The Bertz CT molecular complexity index is 8.00. The molecule has 0 saturated heterocycles. The Morgan fingerprint density at radius 3 is 1.25 bits per heavy atom. The van der Waals surface area contributed by atoms with E-state index in [1.54, 1.807) is 0 Å². The summed E-state index contributed by atoms with van der Waals surface area (Å²) in [7, 11) is 1.50. The number of halogens is 1. The molecule has 2 radical (unpaired) electrons. The molecule has 0 unspecified atom stereocenters. The first-order chi connectivity index (χ1) is 1.00. The second-order valence-corrected chi connectivity index (χ2v) is 0. The van der Waals surface area contributed by atoms with Gasteiger partial charge in [0.25, 0.3) is 0 Å². The first-order valence-corrected chi connectivity index (χ1v) is 0.577. The molecule has 0 heterocycles. The van der Waals surface area contributed by atoms with Crippen molar-refractivity contribution in [3.8, 4) is 0 Å². The van der Waals surface area contributed by atoms with Gasteiger partial charge in [0.15, 0.2) is 0 Å². The van der Waals surface area contributed by atoms with Crippen LogP contribution >= 0.6 is 0 Å². The van der Waals surface area contributed by atoms with Crippen LogP contribution in [-0.4, -0.2) is 34.3 Å². The summed E-state index contributed by atoms with van der Waals surface area (Å²) in [6.45, 7) is 0. The Balaban J connectivity index is -0.00000000500. The Morgan fingerprint density at radius 2 is 1.25 bits per heavy atom. The van der Waals surface area contributed by atoms with E-state index in [0.29, 0.717) is 0 Å². The summed E-state index contributed by atoms with van der Waals surface area (Å²) in [5, 5.41) is 0. The van der Waals surface area contributed by atoms with Crippen LogP contribution in [0, 0.1) is 0 Å². The Hall–Kier alpha value is 1.61. The minimum Gasteiger partial charge on any atom is -0.333 e. The summed E-state index contributed by atoms with van der Waals surface area (Å²) < 4.78 is 0. The first-order valence-electron chi connectivity index (χ1n) is 0.577. The fraction of sp³-hybridized carbons (Fsp3) is 1.00. The molecule has 0 amide bonds. The van der Waals surface area contributed by atoms with Crippen molar-refractivity contribution in [1.82, 2.24) is 0 Å². The molecule has 24 valence electrons. The largest absolute Gasteiger partial charge is 2.00 e. The van der Waals surface area contributed by atoms with Crippen LogP contribution in [0.4, 0.5) is 0 Å². The average Bonchev–Trinajstić information content (AvgIpc) is 1.00. The molecule has 0 aromatic rings.